The van der Waals surface area contributed by atoms with Crippen molar-refractivity contribution in [2.45, 2.75) is 26.7 Å². The highest BCUT2D eigenvalue weighted by molar-refractivity contribution is 5.94. The van der Waals surface area contributed by atoms with E-state index in [1.807, 2.05) is 6.92 Å². The fraction of sp³-hybridized carbons (Fsp3) is 0.533. The standard InChI is InChI=1S/C15H22F2N2O2/c1-3-6-18-14-12(16)9-11(10-13(14)17)15(21)19(4-2)7-5-8-20/h9-10,18,20H,3-8H2,1-2H3. The summed E-state index contributed by atoms with van der Waals surface area (Å²) in [5.41, 5.74) is -0.223. The second kappa shape index (κ2) is 8.56. The quantitative estimate of drug-likeness (QED) is 0.776. The van der Waals surface area contributed by atoms with Crippen molar-refractivity contribution >= 4 is 11.6 Å². The van der Waals surface area contributed by atoms with Crippen LogP contribution in [-0.4, -0.2) is 42.2 Å². The van der Waals surface area contributed by atoms with Crippen molar-refractivity contribution in [3.8, 4) is 0 Å². The van der Waals surface area contributed by atoms with Crippen LogP contribution < -0.4 is 5.32 Å². The Morgan fingerprint density at radius 1 is 1.29 bits per heavy atom. The summed E-state index contributed by atoms with van der Waals surface area (Å²) in [6.45, 7) is 4.86. The minimum atomic E-state index is -0.773. The van der Waals surface area contributed by atoms with Crippen LogP contribution in [0.5, 0.6) is 0 Å². The van der Waals surface area contributed by atoms with Gasteiger partial charge in [0.25, 0.3) is 5.91 Å². The molecule has 0 aromatic heterocycles. The lowest BCUT2D eigenvalue weighted by molar-refractivity contribution is 0.0753. The first-order valence-corrected chi connectivity index (χ1v) is 7.18. The van der Waals surface area contributed by atoms with Gasteiger partial charge in [-0.2, -0.15) is 0 Å². The van der Waals surface area contributed by atoms with Crippen LogP contribution in [0.3, 0.4) is 0 Å². The van der Waals surface area contributed by atoms with Crippen LogP contribution in [-0.2, 0) is 0 Å². The molecule has 0 fully saturated rings. The fourth-order valence-electron chi connectivity index (χ4n) is 1.96. The van der Waals surface area contributed by atoms with E-state index < -0.39 is 17.5 Å². The van der Waals surface area contributed by atoms with E-state index in [0.717, 1.165) is 18.6 Å². The Labute approximate surface area is 123 Å². The third kappa shape index (κ3) is 4.67. The zero-order chi connectivity index (χ0) is 15.8. The number of hydrogen-bond donors (Lipinski definition) is 2. The molecular weight excluding hydrogens is 278 g/mol. The maximum atomic E-state index is 13.9. The lowest BCUT2D eigenvalue weighted by Crippen LogP contribution is -2.32. The van der Waals surface area contributed by atoms with Gasteiger partial charge in [-0.25, -0.2) is 8.78 Å². The Morgan fingerprint density at radius 2 is 1.90 bits per heavy atom. The fourth-order valence-corrected chi connectivity index (χ4v) is 1.96. The average Bonchev–Trinajstić information content (AvgIpc) is 2.46. The number of carbonyl (C=O) groups excluding carboxylic acids is 1. The number of benzene rings is 1. The van der Waals surface area contributed by atoms with Crippen molar-refractivity contribution in [3.63, 3.8) is 0 Å². The van der Waals surface area contributed by atoms with Gasteiger partial charge >= 0.3 is 0 Å². The molecule has 21 heavy (non-hydrogen) atoms. The Kier molecular flexibility index (Phi) is 7.08. The summed E-state index contributed by atoms with van der Waals surface area (Å²) in [5.74, 6) is -1.99. The maximum absolute atomic E-state index is 13.9. The van der Waals surface area contributed by atoms with E-state index >= 15 is 0 Å². The molecule has 1 aromatic rings. The van der Waals surface area contributed by atoms with Crippen molar-refractivity contribution in [2.24, 2.45) is 0 Å². The van der Waals surface area contributed by atoms with Gasteiger partial charge in [0.15, 0.2) is 0 Å². The number of aliphatic hydroxyl groups excluding tert-OH is 1. The van der Waals surface area contributed by atoms with Crippen molar-refractivity contribution in [3.05, 3.63) is 29.3 Å². The molecule has 0 bridgehead atoms. The monoisotopic (exact) mass is 300 g/mol. The number of carbonyl (C=O) groups is 1. The SMILES string of the molecule is CCCNc1c(F)cc(C(=O)N(CC)CCCO)cc1F. The van der Waals surface area contributed by atoms with Gasteiger partial charge in [-0.15, -0.1) is 0 Å². The van der Waals surface area contributed by atoms with Crippen molar-refractivity contribution in [2.75, 3.05) is 31.6 Å². The highest BCUT2D eigenvalue weighted by Gasteiger charge is 2.18. The van der Waals surface area contributed by atoms with Crippen LogP contribution in [0.25, 0.3) is 0 Å². The Bertz CT molecular complexity index is 458. The first kappa shape index (κ1) is 17.4. The van der Waals surface area contributed by atoms with E-state index in [2.05, 4.69) is 5.32 Å². The summed E-state index contributed by atoms with van der Waals surface area (Å²) in [7, 11) is 0. The molecule has 0 aliphatic rings. The predicted octanol–water partition coefficient (Wildman–Crippen LogP) is 2.63. The van der Waals surface area contributed by atoms with Crippen LogP contribution in [0.2, 0.25) is 0 Å². The van der Waals surface area contributed by atoms with Gasteiger partial charge in [-0.05, 0) is 31.9 Å². The minimum Gasteiger partial charge on any atom is -0.396 e. The minimum absolute atomic E-state index is 0.0214. The molecule has 0 unspecified atom stereocenters. The zero-order valence-corrected chi connectivity index (χ0v) is 12.5. The third-order valence-electron chi connectivity index (χ3n) is 3.10. The van der Waals surface area contributed by atoms with Crippen molar-refractivity contribution < 1.29 is 18.7 Å². The number of nitrogens with one attached hydrogen (secondary N) is 1. The molecule has 0 spiro atoms. The second-order valence-electron chi connectivity index (χ2n) is 4.70. The number of aliphatic hydroxyl groups is 1. The molecule has 0 saturated heterocycles. The van der Waals surface area contributed by atoms with Crippen LogP contribution in [0, 0.1) is 11.6 Å². The highest BCUT2D eigenvalue weighted by Crippen LogP contribution is 2.21. The molecule has 0 radical (unpaired) electrons. The number of nitrogens with zero attached hydrogens (tertiary/aromatic N) is 1. The van der Waals surface area contributed by atoms with E-state index in [0.29, 0.717) is 26.1 Å². The van der Waals surface area contributed by atoms with E-state index in [1.165, 1.54) is 4.90 Å². The predicted molar refractivity (Wildman–Crippen MR) is 78.4 cm³/mol. The van der Waals surface area contributed by atoms with Crippen LogP contribution in [0.4, 0.5) is 14.5 Å². The summed E-state index contributed by atoms with van der Waals surface area (Å²) >= 11 is 0. The summed E-state index contributed by atoms with van der Waals surface area (Å²) in [4.78, 5) is 13.7. The van der Waals surface area contributed by atoms with Gasteiger partial charge in [0.1, 0.15) is 17.3 Å². The van der Waals surface area contributed by atoms with Gasteiger partial charge in [0.2, 0.25) is 0 Å². The molecule has 1 aromatic carbocycles. The molecule has 1 rings (SSSR count). The molecule has 1 amide bonds. The Morgan fingerprint density at radius 3 is 2.38 bits per heavy atom. The topological polar surface area (TPSA) is 52.6 Å². The number of rotatable bonds is 8. The average molecular weight is 300 g/mol. The maximum Gasteiger partial charge on any atom is 0.254 e. The molecule has 6 heteroatoms. The lowest BCUT2D eigenvalue weighted by atomic mass is 10.1. The third-order valence-corrected chi connectivity index (χ3v) is 3.10. The Balaban J connectivity index is 2.95. The summed E-state index contributed by atoms with van der Waals surface area (Å²) < 4.78 is 27.8. The highest BCUT2D eigenvalue weighted by atomic mass is 19.1. The molecular formula is C15H22F2N2O2. The van der Waals surface area contributed by atoms with Gasteiger partial charge in [0, 0.05) is 31.8 Å². The largest absolute Gasteiger partial charge is 0.396 e. The van der Waals surface area contributed by atoms with E-state index in [9.17, 15) is 13.6 Å². The molecule has 2 N–H and O–H groups in total. The molecule has 0 aliphatic carbocycles. The molecule has 0 atom stereocenters. The van der Waals surface area contributed by atoms with Crippen molar-refractivity contribution in [1.82, 2.24) is 4.90 Å². The number of amides is 1. The Hall–Kier alpha value is -1.69. The van der Waals surface area contributed by atoms with Crippen LogP contribution in [0.1, 0.15) is 37.0 Å². The number of halogens is 2. The summed E-state index contributed by atoms with van der Waals surface area (Å²) in [6.07, 6.45) is 1.17. The second-order valence-corrected chi connectivity index (χ2v) is 4.70. The van der Waals surface area contributed by atoms with E-state index in [4.69, 9.17) is 5.11 Å². The zero-order valence-electron chi connectivity index (χ0n) is 12.5. The van der Waals surface area contributed by atoms with Gasteiger partial charge < -0.3 is 15.3 Å². The first-order chi connectivity index (χ1) is 10.0. The van der Waals surface area contributed by atoms with Crippen LogP contribution >= 0.6 is 0 Å². The smallest absolute Gasteiger partial charge is 0.254 e. The molecule has 0 aliphatic heterocycles. The lowest BCUT2D eigenvalue weighted by Gasteiger charge is -2.21. The molecule has 0 saturated carbocycles. The van der Waals surface area contributed by atoms with Crippen LogP contribution in [0.15, 0.2) is 12.1 Å². The van der Waals surface area contributed by atoms with Gasteiger partial charge in [-0.1, -0.05) is 6.92 Å². The number of hydrogen-bond acceptors (Lipinski definition) is 3. The molecule has 4 nitrogen and oxygen atoms in total. The van der Waals surface area contributed by atoms with Gasteiger partial charge in [-0.3, -0.25) is 4.79 Å². The van der Waals surface area contributed by atoms with E-state index in [1.54, 1.807) is 6.92 Å². The first-order valence-electron chi connectivity index (χ1n) is 7.18. The summed E-state index contributed by atoms with van der Waals surface area (Å²) in [6, 6.07) is 2.09. The van der Waals surface area contributed by atoms with Gasteiger partial charge in [0.05, 0.1) is 0 Å². The molecule has 0 heterocycles. The molecule has 118 valence electrons. The number of anilines is 1. The summed E-state index contributed by atoms with van der Waals surface area (Å²) in [5, 5.41) is 11.5. The van der Waals surface area contributed by atoms with E-state index in [-0.39, 0.29) is 17.9 Å². The van der Waals surface area contributed by atoms with Crippen molar-refractivity contribution in [1.29, 1.82) is 0 Å². The normalized spacial score (nSPS) is 10.5.